The van der Waals surface area contributed by atoms with E-state index in [2.05, 4.69) is 33.5 Å². The molecule has 3 aliphatic rings. The predicted molar refractivity (Wildman–Crippen MR) is 97.6 cm³/mol. The van der Waals surface area contributed by atoms with Crippen molar-refractivity contribution in [3.05, 3.63) is 36.4 Å². The Bertz CT molecular complexity index is 795. The Morgan fingerprint density at radius 1 is 1.15 bits per heavy atom. The number of benzene rings is 1. The van der Waals surface area contributed by atoms with Crippen molar-refractivity contribution in [2.45, 2.75) is 18.9 Å². The summed E-state index contributed by atoms with van der Waals surface area (Å²) >= 11 is 1.53. The van der Waals surface area contributed by atoms with Crippen molar-refractivity contribution in [2.24, 2.45) is 5.92 Å². The van der Waals surface area contributed by atoms with E-state index in [0.29, 0.717) is 18.3 Å². The fourth-order valence-electron chi connectivity index (χ4n) is 3.28. The number of carboxylic acids is 2. The van der Waals surface area contributed by atoms with Crippen molar-refractivity contribution in [1.82, 2.24) is 9.27 Å². The van der Waals surface area contributed by atoms with Crippen molar-refractivity contribution < 1.29 is 24.5 Å². The van der Waals surface area contributed by atoms with Crippen LogP contribution in [-0.2, 0) is 9.59 Å². The highest BCUT2D eigenvalue weighted by Crippen LogP contribution is 2.34. The lowest BCUT2D eigenvalue weighted by Crippen LogP contribution is -2.52. The van der Waals surface area contributed by atoms with Gasteiger partial charge in [0.05, 0.1) is 10.1 Å². The lowest BCUT2D eigenvalue weighted by atomic mass is 9.86. The second-order valence-corrected chi connectivity index (χ2v) is 7.09. The second-order valence-electron chi connectivity index (χ2n) is 6.29. The minimum absolute atomic E-state index is 0.345. The van der Waals surface area contributed by atoms with Crippen LogP contribution in [0.4, 0.5) is 0 Å². The zero-order chi connectivity index (χ0) is 18.5. The molecule has 3 aliphatic heterocycles. The molecule has 0 aliphatic carbocycles. The number of hydrogen-bond acceptors (Lipinski definition) is 6. The van der Waals surface area contributed by atoms with Gasteiger partial charge in [0.25, 0.3) is 0 Å². The molecule has 1 aromatic carbocycles. The Hall–Kier alpha value is -2.45. The van der Waals surface area contributed by atoms with Gasteiger partial charge in [0.2, 0.25) is 5.88 Å². The molecule has 5 rings (SSSR count). The van der Waals surface area contributed by atoms with Crippen molar-refractivity contribution in [2.75, 3.05) is 19.6 Å². The number of aliphatic carboxylic acids is 2. The van der Waals surface area contributed by atoms with E-state index in [4.69, 9.17) is 14.9 Å². The Balaban J connectivity index is 0.000000211. The molecule has 8 heteroatoms. The summed E-state index contributed by atoms with van der Waals surface area (Å²) in [6.07, 6.45) is 4.03. The number of hydrogen-bond donors (Lipinski definition) is 2. The third-order valence-corrected chi connectivity index (χ3v) is 5.38. The van der Waals surface area contributed by atoms with Gasteiger partial charge in [-0.25, -0.2) is 9.59 Å². The molecule has 138 valence electrons. The molecular formula is C18H20N2O5S. The van der Waals surface area contributed by atoms with E-state index in [1.54, 1.807) is 0 Å². The molecule has 2 aromatic rings. The molecule has 1 atom stereocenters. The van der Waals surface area contributed by atoms with Gasteiger partial charge in [-0.15, -0.1) is 0 Å². The molecule has 26 heavy (non-hydrogen) atoms. The predicted octanol–water partition coefficient (Wildman–Crippen LogP) is 2.48. The molecule has 2 N–H and O–H groups in total. The number of rotatable bonds is 4. The Morgan fingerprint density at radius 3 is 2.38 bits per heavy atom. The smallest absolute Gasteiger partial charge is 0.328 e. The quantitative estimate of drug-likeness (QED) is 0.791. The summed E-state index contributed by atoms with van der Waals surface area (Å²) in [5.74, 6) is -0.940. The normalized spacial score (nSPS) is 24.2. The van der Waals surface area contributed by atoms with E-state index in [9.17, 15) is 9.59 Å². The van der Waals surface area contributed by atoms with Gasteiger partial charge in [0.1, 0.15) is 6.10 Å². The first-order chi connectivity index (χ1) is 12.5. The van der Waals surface area contributed by atoms with E-state index in [1.807, 2.05) is 0 Å². The van der Waals surface area contributed by atoms with Crippen molar-refractivity contribution >= 4 is 33.6 Å². The summed E-state index contributed by atoms with van der Waals surface area (Å²) in [4.78, 5) is 21.6. The molecule has 4 heterocycles. The standard InChI is InChI=1S/C14H16N2OS.C4H4O4/c1-2-4-13-11(3-1)14(15-18-13)17-12-9-16-7-5-10(12)6-8-16;5-3(6)1-2-4(7)8/h1-4,10,12H,5-9H2;1-2H,(H,5,6)(H,7,8)/b;2-1+. The maximum atomic E-state index is 9.55. The molecule has 2 bridgehead atoms. The maximum absolute atomic E-state index is 9.55. The van der Waals surface area contributed by atoms with Crippen LogP contribution in [0.3, 0.4) is 0 Å². The molecule has 0 radical (unpaired) electrons. The maximum Gasteiger partial charge on any atom is 0.328 e. The summed E-state index contributed by atoms with van der Waals surface area (Å²) in [6, 6.07) is 8.32. The first-order valence-electron chi connectivity index (χ1n) is 8.40. The summed E-state index contributed by atoms with van der Waals surface area (Å²) in [5, 5.41) is 16.8. The first-order valence-corrected chi connectivity index (χ1v) is 9.17. The van der Waals surface area contributed by atoms with Crippen LogP contribution in [0, 0.1) is 5.92 Å². The Kier molecular flexibility index (Phi) is 5.85. The van der Waals surface area contributed by atoms with Crippen LogP contribution in [0.15, 0.2) is 36.4 Å². The number of aromatic nitrogens is 1. The highest BCUT2D eigenvalue weighted by Gasteiger charge is 2.36. The highest BCUT2D eigenvalue weighted by molar-refractivity contribution is 7.13. The fourth-order valence-corrected chi connectivity index (χ4v) is 3.99. The molecule has 1 unspecified atom stereocenters. The Labute approximate surface area is 154 Å². The average Bonchev–Trinajstić information content (AvgIpc) is 3.05. The van der Waals surface area contributed by atoms with Crippen LogP contribution in [0.5, 0.6) is 5.88 Å². The minimum atomic E-state index is -1.26. The molecule has 3 saturated heterocycles. The zero-order valence-electron chi connectivity index (χ0n) is 14.1. The molecule has 7 nitrogen and oxygen atoms in total. The number of carboxylic acid groups (broad SMARTS) is 2. The third kappa shape index (κ3) is 4.59. The van der Waals surface area contributed by atoms with Crippen LogP contribution >= 0.6 is 11.5 Å². The van der Waals surface area contributed by atoms with Crippen LogP contribution in [0.1, 0.15) is 12.8 Å². The van der Waals surface area contributed by atoms with Crippen molar-refractivity contribution in [3.63, 3.8) is 0 Å². The van der Waals surface area contributed by atoms with Crippen molar-refractivity contribution in [3.8, 4) is 5.88 Å². The van der Waals surface area contributed by atoms with E-state index in [0.717, 1.165) is 18.3 Å². The van der Waals surface area contributed by atoms with Gasteiger partial charge in [-0.3, -0.25) is 4.90 Å². The second kappa shape index (κ2) is 8.29. The molecule has 0 spiro atoms. The molecule has 0 amide bonds. The molecular weight excluding hydrogens is 356 g/mol. The van der Waals surface area contributed by atoms with Gasteiger partial charge in [0, 0.05) is 18.7 Å². The fraction of sp³-hybridized carbons (Fsp3) is 0.389. The number of carbonyl (C=O) groups is 2. The van der Waals surface area contributed by atoms with Crippen LogP contribution in [0.25, 0.3) is 10.1 Å². The average molecular weight is 376 g/mol. The third-order valence-electron chi connectivity index (χ3n) is 4.57. The molecule has 3 fully saturated rings. The lowest BCUT2D eigenvalue weighted by Gasteiger charge is -2.44. The van der Waals surface area contributed by atoms with Crippen LogP contribution in [-0.4, -0.2) is 57.2 Å². The molecule has 0 saturated carbocycles. The first kappa shape index (κ1) is 18.3. The summed E-state index contributed by atoms with van der Waals surface area (Å²) in [5.41, 5.74) is 0. The minimum Gasteiger partial charge on any atom is -0.478 e. The van der Waals surface area contributed by atoms with Crippen molar-refractivity contribution in [1.29, 1.82) is 0 Å². The van der Waals surface area contributed by atoms with Gasteiger partial charge in [0.15, 0.2) is 0 Å². The SMILES string of the molecule is O=C(O)/C=C/C(=O)O.c1ccc2c(OC3CN4CCC3CC4)nsc2c1. The Morgan fingerprint density at radius 2 is 1.81 bits per heavy atom. The van der Waals surface area contributed by atoms with Crippen LogP contribution in [0.2, 0.25) is 0 Å². The topological polar surface area (TPSA) is 100.0 Å². The van der Waals surface area contributed by atoms with Gasteiger partial charge in [-0.05, 0) is 55.5 Å². The zero-order valence-corrected chi connectivity index (χ0v) is 14.9. The van der Waals surface area contributed by atoms with E-state index < -0.39 is 11.9 Å². The van der Waals surface area contributed by atoms with E-state index in [-0.39, 0.29) is 0 Å². The largest absolute Gasteiger partial charge is 0.478 e. The van der Waals surface area contributed by atoms with Gasteiger partial charge >= 0.3 is 11.9 Å². The summed E-state index contributed by atoms with van der Waals surface area (Å²) in [7, 11) is 0. The molecule has 1 aromatic heterocycles. The van der Waals surface area contributed by atoms with Crippen LogP contribution < -0.4 is 4.74 Å². The number of nitrogens with zero attached hydrogens (tertiary/aromatic N) is 2. The highest BCUT2D eigenvalue weighted by atomic mass is 32.1. The van der Waals surface area contributed by atoms with Gasteiger partial charge < -0.3 is 14.9 Å². The number of ether oxygens (including phenoxy) is 1. The van der Waals surface area contributed by atoms with E-state index >= 15 is 0 Å². The summed E-state index contributed by atoms with van der Waals surface area (Å²) < 4.78 is 11.9. The monoisotopic (exact) mass is 376 g/mol. The summed E-state index contributed by atoms with van der Waals surface area (Å²) in [6.45, 7) is 3.58. The van der Waals surface area contributed by atoms with Gasteiger partial charge in [-0.1, -0.05) is 12.1 Å². The number of piperidine rings is 3. The lowest BCUT2D eigenvalue weighted by molar-refractivity contribution is -0.134. The van der Waals surface area contributed by atoms with Gasteiger partial charge in [-0.2, -0.15) is 4.37 Å². The number of fused-ring (bicyclic) bond motifs is 4. The van der Waals surface area contributed by atoms with E-state index in [1.165, 1.54) is 47.5 Å².